The van der Waals surface area contributed by atoms with Gasteiger partial charge in [-0.1, -0.05) is 16.8 Å². The van der Waals surface area contributed by atoms with Crippen molar-refractivity contribution in [2.75, 3.05) is 12.4 Å². The van der Waals surface area contributed by atoms with E-state index in [4.69, 9.17) is 16.3 Å². The van der Waals surface area contributed by atoms with Gasteiger partial charge in [-0.2, -0.15) is 0 Å². The van der Waals surface area contributed by atoms with E-state index in [0.29, 0.717) is 11.6 Å². The molecule has 2 rings (SSSR count). The van der Waals surface area contributed by atoms with Crippen molar-refractivity contribution in [2.45, 2.75) is 13.5 Å². The summed E-state index contributed by atoms with van der Waals surface area (Å²) in [7, 11) is 3.46. The van der Waals surface area contributed by atoms with Crippen molar-refractivity contribution in [2.24, 2.45) is 7.05 Å². The minimum atomic E-state index is 0.589. The number of benzene rings is 1. The molecule has 0 saturated carbocycles. The van der Waals surface area contributed by atoms with E-state index in [0.717, 1.165) is 22.7 Å². The summed E-state index contributed by atoms with van der Waals surface area (Å²) in [6, 6.07) is 3.76. The van der Waals surface area contributed by atoms with Crippen molar-refractivity contribution in [3.63, 3.8) is 0 Å². The molecule has 0 fully saturated rings. The van der Waals surface area contributed by atoms with Crippen LogP contribution in [-0.4, -0.2) is 22.1 Å². The molecule has 0 atom stereocenters. The Hall–Kier alpha value is -1.75. The molecule has 6 heteroatoms. The van der Waals surface area contributed by atoms with Gasteiger partial charge in [-0.3, -0.25) is 4.68 Å². The van der Waals surface area contributed by atoms with Gasteiger partial charge in [0.2, 0.25) is 0 Å². The molecule has 0 unspecified atom stereocenters. The number of hydrogen-bond donors (Lipinski definition) is 1. The van der Waals surface area contributed by atoms with Gasteiger partial charge in [-0.25, -0.2) is 0 Å². The molecule has 1 N–H and O–H groups in total. The topological polar surface area (TPSA) is 52.0 Å². The van der Waals surface area contributed by atoms with Crippen LogP contribution in [-0.2, 0) is 13.6 Å². The minimum Gasteiger partial charge on any atom is -0.495 e. The molecule has 0 bridgehead atoms. The van der Waals surface area contributed by atoms with Gasteiger partial charge >= 0.3 is 0 Å². The molecule has 1 aromatic carbocycles. The highest BCUT2D eigenvalue weighted by Crippen LogP contribution is 2.31. The SMILES string of the molecule is COc1cc(Cl)c(C)cc1NCc1cn(C)nn1. The average molecular weight is 267 g/mol. The second kappa shape index (κ2) is 5.27. The van der Waals surface area contributed by atoms with Crippen LogP contribution in [0.25, 0.3) is 0 Å². The van der Waals surface area contributed by atoms with E-state index in [1.54, 1.807) is 17.9 Å². The van der Waals surface area contributed by atoms with Crippen molar-refractivity contribution < 1.29 is 4.74 Å². The van der Waals surface area contributed by atoms with Crippen molar-refractivity contribution in [3.8, 4) is 5.75 Å². The van der Waals surface area contributed by atoms with Gasteiger partial charge in [0, 0.05) is 24.3 Å². The van der Waals surface area contributed by atoms with Crippen molar-refractivity contribution in [1.82, 2.24) is 15.0 Å². The molecule has 0 aliphatic carbocycles. The summed E-state index contributed by atoms with van der Waals surface area (Å²) in [6.45, 7) is 2.54. The largest absolute Gasteiger partial charge is 0.495 e. The molecule has 2 aromatic rings. The Morgan fingerprint density at radius 1 is 1.44 bits per heavy atom. The average Bonchev–Trinajstić information content (AvgIpc) is 2.76. The van der Waals surface area contributed by atoms with Gasteiger partial charge in [-0.05, 0) is 18.6 Å². The Bertz CT molecular complexity index is 553. The number of aromatic nitrogens is 3. The summed E-state index contributed by atoms with van der Waals surface area (Å²) in [5.74, 6) is 0.717. The first kappa shape index (κ1) is 12.7. The monoisotopic (exact) mass is 266 g/mol. The maximum atomic E-state index is 6.05. The number of nitrogens with zero attached hydrogens (tertiary/aromatic N) is 3. The first-order chi connectivity index (χ1) is 8.60. The van der Waals surface area contributed by atoms with Crippen LogP contribution in [0.1, 0.15) is 11.3 Å². The second-order valence-electron chi connectivity index (χ2n) is 4.04. The number of hydrogen-bond acceptors (Lipinski definition) is 4. The molecule has 1 aromatic heterocycles. The summed E-state index contributed by atoms with van der Waals surface area (Å²) in [5, 5.41) is 11.8. The zero-order chi connectivity index (χ0) is 13.1. The lowest BCUT2D eigenvalue weighted by Crippen LogP contribution is -2.02. The number of methoxy groups -OCH3 is 1. The number of ether oxygens (including phenoxy) is 1. The predicted molar refractivity (Wildman–Crippen MR) is 71.1 cm³/mol. The Balaban J connectivity index is 2.15. The number of halogens is 1. The Morgan fingerprint density at radius 2 is 2.22 bits per heavy atom. The summed E-state index contributed by atoms with van der Waals surface area (Å²) in [4.78, 5) is 0. The third-order valence-corrected chi connectivity index (χ3v) is 3.00. The summed E-state index contributed by atoms with van der Waals surface area (Å²) in [5.41, 5.74) is 2.76. The van der Waals surface area contributed by atoms with Gasteiger partial charge in [0.05, 0.1) is 19.3 Å². The van der Waals surface area contributed by atoms with Crippen molar-refractivity contribution in [3.05, 3.63) is 34.6 Å². The lowest BCUT2D eigenvalue weighted by molar-refractivity contribution is 0.416. The van der Waals surface area contributed by atoms with Gasteiger partial charge < -0.3 is 10.1 Å². The Kier molecular flexibility index (Phi) is 3.72. The molecule has 5 nitrogen and oxygen atoms in total. The molecular formula is C12H15ClN4O. The van der Waals surface area contributed by atoms with Gasteiger partial charge in [-0.15, -0.1) is 5.10 Å². The van der Waals surface area contributed by atoms with Crippen molar-refractivity contribution >= 4 is 17.3 Å². The zero-order valence-corrected chi connectivity index (χ0v) is 11.3. The lowest BCUT2D eigenvalue weighted by Gasteiger charge is -2.12. The van der Waals surface area contributed by atoms with Crippen LogP contribution in [0.4, 0.5) is 5.69 Å². The first-order valence-corrected chi connectivity index (χ1v) is 5.91. The number of rotatable bonds is 4. The molecule has 0 aliphatic rings. The molecule has 1 heterocycles. The number of nitrogens with one attached hydrogen (secondary N) is 1. The fourth-order valence-corrected chi connectivity index (χ4v) is 1.79. The molecule has 18 heavy (non-hydrogen) atoms. The first-order valence-electron chi connectivity index (χ1n) is 5.53. The number of aryl methyl sites for hydroxylation is 2. The highest BCUT2D eigenvalue weighted by Gasteiger charge is 2.07. The van der Waals surface area contributed by atoms with Crippen LogP contribution >= 0.6 is 11.6 Å². The maximum Gasteiger partial charge on any atom is 0.143 e. The van der Waals surface area contributed by atoms with Crippen LogP contribution < -0.4 is 10.1 Å². The maximum absolute atomic E-state index is 6.05. The zero-order valence-electron chi connectivity index (χ0n) is 10.6. The smallest absolute Gasteiger partial charge is 0.143 e. The molecular weight excluding hydrogens is 252 g/mol. The van der Waals surface area contributed by atoms with Crippen LogP contribution in [0.3, 0.4) is 0 Å². The number of anilines is 1. The van der Waals surface area contributed by atoms with Crippen molar-refractivity contribution in [1.29, 1.82) is 0 Å². The quantitative estimate of drug-likeness (QED) is 0.923. The predicted octanol–water partition coefficient (Wildman–Crippen LogP) is 2.40. The fraction of sp³-hybridized carbons (Fsp3) is 0.333. The third-order valence-electron chi connectivity index (χ3n) is 2.59. The molecule has 96 valence electrons. The van der Waals surface area contributed by atoms with Gasteiger partial charge in [0.1, 0.15) is 11.4 Å². The van der Waals surface area contributed by atoms with Gasteiger partial charge in [0.15, 0.2) is 0 Å². The van der Waals surface area contributed by atoms with Crippen LogP contribution in [0, 0.1) is 6.92 Å². The van der Waals surface area contributed by atoms with E-state index < -0.39 is 0 Å². The third kappa shape index (κ3) is 2.73. The normalized spacial score (nSPS) is 10.4. The highest BCUT2D eigenvalue weighted by atomic mass is 35.5. The fourth-order valence-electron chi connectivity index (χ4n) is 1.63. The van der Waals surface area contributed by atoms with Crippen LogP contribution in [0.2, 0.25) is 5.02 Å². The standard InChI is InChI=1S/C12H15ClN4O/c1-8-4-11(12(18-3)5-10(8)13)14-6-9-7-17(2)16-15-9/h4-5,7,14H,6H2,1-3H3. The molecule has 0 radical (unpaired) electrons. The van der Waals surface area contributed by atoms with Gasteiger partial charge in [0.25, 0.3) is 0 Å². The Labute approximate surface area is 111 Å². The minimum absolute atomic E-state index is 0.589. The van der Waals surface area contributed by atoms with E-state index in [1.165, 1.54) is 0 Å². The van der Waals surface area contributed by atoms with E-state index in [9.17, 15) is 0 Å². The molecule has 0 spiro atoms. The van der Waals surface area contributed by atoms with E-state index in [1.807, 2.05) is 26.2 Å². The summed E-state index contributed by atoms with van der Waals surface area (Å²) < 4.78 is 6.95. The second-order valence-corrected chi connectivity index (χ2v) is 4.45. The lowest BCUT2D eigenvalue weighted by atomic mass is 10.2. The highest BCUT2D eigenvalue weighted by molar-refractivity contribution is 6.31. The molecule has 0 amide bonds. The Morgan fingerprint density at radius 3 is 2.83 bits per heavy atom. The van der Waals surface area contributed by atoms with E-state index in [-0.39, 0.29) is 0 Å². The van der Waals surface area contributed by atoms with Crippen LogP contribution in [0.5, 0.6) is 5.75 Å². The van der Waals surface area contributed by atoms with E-state index >= 15 is 0 Å². The molecule has 0 aliphatic heterocycles. The molecule has 0 saturated heterocycles. The van der Waals surface area contributed by atoms with E-state index in [2.05, 4.69) is 15.6 Å². The van der Waals surface area contributed by atoms with Crippen LogP contribution in [0.15, 0.2) is 18.3 Å². The summed E-state index contributed by atoms with van der Waals surface area (Å²) in [6.07, 6.45) is 1.86. The summed E-state index contributed by atoms with van der Waals surface area (Å²) >= 11 is 6.05.